The summed E-state index contributed by atoms with van der Waals surface area (Å²) in [7, 11) is 0. The molecule has 2 rings (SSSR count). The maximum Gasteiger partial charge on any atom is 0.192 e. The number of hydrogen-bond acceptors (Lipinski definition) is 5. The molecule has 1 heterocycles. The Morgan fingerprint density at radius 2 is 2.06 bits per heavy atom. The molecule has 4 N–H and O–H groups in total. The van der Waals surface area contributed by atoms with Gasteiger partial charge in [0.05, 0.1) is 17.8 Å². The van der Waals surface area contributed by atoms with Crippen LogP contribution in [-0.2, 0) is 0 Å². The van der Waals surface area contributed by atoms with E-state index in [4.69, 9.17) is 10.2 Å². The summed E-state index contributed by atoms with van der Waals surface area (Å²) in [5.41, 5.74) is 6.07. The highest BCUT2D eigenvalue weighted by atomic mass is 16.3. The normalized spacial score (nSPS) is 14.6. The highest BCUT2D eigenvalue weighted by molar-refractivity contribution is 5.76. The Bertz CT molecular complexity index is 593. The fourth-order valence-electron chi connectivity index (χ4n) is 1.84. The maximum absolute atomic E-state index is 11.6. The molecule has 2 aromatic rings. The van der Waals surface area contributed by atoms with Crippen molar-refractivity contribution < 1.29 is 14.6 Å². The molecule has 0 saturated carbocycles. The van der Waals surface area contributed by atoms with E-state index in [2.05, 4.69) is 0 Å². The molecular formula is C13H15NO4. The van der Waals surface area contributed by atoms with Gasteiger partial charge in [-0.1, -0.05) is 6.07 Å². The number of aliphatic hydroxyl groups is 2. The van der Waals surface area contributed by atoms with Crippen molar-refractivity contribution in [3.05, 3.63) is 46.3 Å². The number of aliphatic hydroxyl groups excluding tert-OH is 2. The lowest BCUT2D eigenvalue weighted by molar-refractivity contribution is 0.0151. The Hall–Kier alpha value is -1.69. The minimum absolute atomic E-state index is 0.182. The Kier molecular flexibility index (Phi) is 3.76. The molecule has 96 valence electrons. The third-order valence-electron chi connectivity index (χ3n) is 2.85. The summed E-state index contributed by atoms with van der Waals surface area (Å²) in [5.74, 6) is 0. The van der Waals surface area contributed by atoms with Crippen molar-refractivity contribution in [2.75, 3.05) is 6.54 Å². The van der Waals surface area contributed by atoms with Crippen LogP contribution in [0.2, 0.25) is 0 Å². The molecular weight excluding hydrogens is 234 g/mol. The fraction of sp³-hybridized carbons (Fsp3) is 0.308. The van der Waals surface area contributed by atoms with Crippen molar-refractivity contribution in [2.24, 2.45) is 5.73 Å². The van der Waals surface area contributed by atoms with Crippen LogP contribution in [0.4, 0.5) is 0 Å². The zero-order chi connectivity index (χ0) is 13.1. The zero-order valence-electron chi connectivity index (χ0n) is 9.74. The van der Waals surface area contributed by atoms with Gasteiger partial charge in [-0.3, -0.25) is 4.79 Å². The second kappa shape index (κ2) is 5.30. The van der Waals surface area contributed by atoms with Gasteiger partial charge in [0.1, 0.15) is 11.7 Å². The smallest absolute Gasteiger partial charge is 0.192 e. The van der Waals surface area contributed by atoms with Crippen LogP contribution in [0.3, 0.4) is 0 Å². The Morgan fingerprint density at radius 3 is 2.78 bits per heavy atom. The quantitative estimate of drug-likeness (QED) is 0.734. The lowest BCUT2D eigenvalue weighted by atomic mass is 10.0. The van der Waals surface area contributed by atoms with Crippen molar-refractivity contribution in [3.8, 4) is 0 Å². The van der Waals surface area contributed by atoms with E-state index in [1.54, 1.807) is 12.1 Å². The topological polar surface area (TPSA) is 96.7 Å². The van der Waals surface area contributed by atoms with Crippen molar-refractivity contribution in [3.63, 3.8) is 0 Å². The van der Waals surface area contributed by atoms with Crippen LogP contribution in [-0.4, -0.2) is 22.9 Å². The van der Waals surface area contributed by atoms with Crippen LogP contribution in [0, 0.1) is 0 Å². The van der Waals surface area contributed by atoms with E-state index in [1.807, 2.05) is 0 Å². The van der Waals surface area contributed by atoms with E-state index in [0.29, 0.717) is 23.0 Å². The minimum atomic E-state index is -1.06. The summed E-state index contributed by atoms with van der Waals surface area (Å²) < 4.78 is 5.17. The Morgan fingerprint density at radius 1 is 1.28 bits per heavy atom. The van der Waals surface area contributed by atoms with Gasteiger partial charge in [0, 0.05) is 6.07 Å². The molecule has 0 spiro atoms. The van der Waals surface area contributed by atoms with Crippen molar-refractivity contribution in [2.45, 2.75) is 18.6 Å². The summed E-state index contributed by atoms with van der Waals surface area (Å²) in [5, 5.41) is 20.0. The van der Waals surface area contributed by atoms with Crippen LogP contribution in [0.25, 0.3) is 11.0 Å². The van der Waals surface area contributed by atoms with Crippen LogP contribution in [0.15, 0.2) is 39.7 Å². The van der Waals surface area contributed by atoms with Crippen LogP contribution >= 0.6 is 0 Å². The van der Waals surface area contributed by atoms with Crippen LogP contribution < -0.4 is 11.2 Å². The predicted molar refractivity (Wildman–Crippen MR) is 67.1 cm³/mol. The molecule has 5 heteroatoms. The molecule has 0 aliphatic rings. The molecule has 18 heavy (non-hydrogen) atoms. The Labute approximate surface area is 103 Å². The Balaban J connectivity index is 2.40. The maximum atomic E-state index is 11.6. The highest BCUT2D eigenvalue weighted by Crippen LogP contribution is 2.21. The average Bonchev–Trinajstić information content (AvgIpc) is 2.38. The molecule has 0 fully saturated rings. The SMILES string of the molecule is NCCC(O)C(O)c1ccc2occc(=O)c2c1. The van der Waals surface area contributed by atoms with Crippen molar-refractivity contribution in [1.29, 1.82) is 0 Å². The largest absolute Gasteiger partial charge is 0.464 e. The van der Waals surface area contributed by atoms with E-state index in [1.165, 1.54) is 18.4 Å². The third-order valence-corrected chi connectivity index (χ3v) is 2.85. The summed E-state index contributed by atoms with van der Waals surface area (Å²) in [6.45, 7) is 0.286. The van der Waals surface area contributed by atoms with E-state index in [0.717, 1.165) is 0 Å². The number of hydrogen-bond donors (Lipinski definition) is 3. The molecule has 0 aliphatic heterocycles. The molecule has 0 radical (unpaired) electrons. The van der Waals surface area contributed by atoms with Gasteiger partial charge in [-0.2, -0.15) is 0 Å². The summed E-state index contributed by atoms with van der Waals surface area (Å²) in [6.07, 6.45) is -0.382. The summed E-state index contributed by atoms with van der Waals surface area (Å²) in [4.78, 5) is 11.6. The zero-order valence-corrected chi connectivity index (χ0v) is 9.74. The lowest BCUT2D eigenvalue weighted by Crippen LogP contribution is -2.21. The summed E-state index contributed by atoms with van der Waals surface area (Å²) in [6, 6.07) is 6.07. The van der Waals surface area contributed by atoms with Gasteiger partial charge in [-0.05, 0) is 30.7 Å². The van der Waals surface area contributed by atoms with E-state index in [9.17, 15) is 15.0 Å². The minimum Gasteiger partial charge on any atom is -0.464 e. The number of fused-ring (bicyclic) bond motifs is 1. The first-order valence-electron chi connectivity index (χ1n) is 5.71. The summed E-state index contributed by atoms with van der Waals surface area (Å²) >= 11 is 0. The molecule has 2 atom stereocenters. The first-order valence-corrected chi connectivity index (χ1v) is 5.71. The number of nitrogens with two attached hydrogens (primary N) is 1. The first kappa shape index (κ1) is 12.8. The van der Waals surface area contributed by atoms with Crippen molar-refractivity contribution >= 4 is 11.0 Å². The van der Waals surface area contributed by atoms with Crippen molar-refractivity contribution in [1.82, 2.24) is 0 Å². The van der Waals surface area contributed by atoms with Gasteiger partial charge < -0.3 is 20.4 Å². The van der Waals surface area contributed by atoms with Gasteiger partial charge in [-0.25, -0.2) is 0 Å². The van der Waals surface area contributed by atoms with E-state index in [-0.39, 0.29) is 12.0 Å². The molecule has 0 saturated heterocycles. The fourth-order valence-corrected chi connectivity index (χ4v) is 1.84. The lowest BCUT2D eigenvalue weighted by Gasteiger charge is -2.17. The van der Waals surface area contributed by atoms with Gasteiger partial charge in [0.15, 0.2) is 5.43 Å². The van der Waals surface area contributed by atoms with Gasteiger partial charge >= 0.3 is 0 Å². The molecule has 1 aromatic carbocycles. The van der Waals surface area contributed by atoms with Gasteiger partial charge in [0.2, 0.25) is 0 Å². The molecule has 0 aliphatic carbocycles. The second-order valence-corrected chi connectivity index (χ2v) is 4.13. The number of benzene rings is 1. The average molecular weight is 249 g/mol. The third kappa shape index (κ3) is 2.43. The molecule has 0 bridgehead atoms. The first-order chi connectivity index (χ1) is 8.63. The van der Waals surface area contributed by atoms with E-state index < -0.39 is 12.2 Å². The van der Waals surface area contributed by atoms with E-state index >= 15 is 0 Å². The molecule has 5 nitrogen and oxygen atoms in total. The van der Waals surface area contributed by atoms with Gasteiger partial charge in [0.25, 0.3) is 0 Å². The highest BCUT2D eigenvalue weighted by Gasteiger charge is 2.18. The molecule has 0 amide bonds. The number of rotatable bonds is 4. The van der Waals surface area contributed by atoms with Crippen LogP contribution in [0.5, 0.6) is 0 Å². The second-order valence-electron chi connectivity index (χ2n) is 4.13. The standard InChI is InChI=1S/C13H15NO4/c14-5-3-11(16)13(17)8-1-2-12-9(7-8)10(15)4-6-18-12/h1-2,4,6-7,11,13,16-17H,3,5,14H2. The van der Waals surface area contributed by atoms with Gasteiger partial charge in [-0.15, -0.1) is 0 Å². The monoisotopic (exact) mass is 249 g/mol. The van der Waals surface area contributed by atoms with Crippen LogP contribution in [0.1, 0.15) is 18.1 Å². The molecule has 2 unspecified atom stereocenters. The predicted octanol–water partition coefficient (Wildman–Crippen LogP) is 0.536. The molecule has 1 aromatic heterocycles.